The molecule has 7 nitrogen and oxygen atoms in total. The molecule has 1 aromatic heterocycles. The maximum atomic E-state index is 10.7. The number of benzene rings is 1. The van der Waals surface area contributed by atoms with Crippen LogP contribution in [0.4, 0.5) is 0 Å². The van der Waals surface area contributed by atoms with Gasteiger partial charge in [-0.25, -0.2) is 0 Å². The van der Waals surface area contributed by atoms with Crippen LogP contribution in [0.1, 0.15) is 18.4 Å². The number of fused-ring (bicyclic) bond motifs is 1. The van der Waals surface area contributed by atoms with E-state index in [4.69, 9.17) is 19.6 Å². The topological polar surface area (TPSA) is 100 Å². The molecule has 1 aliphatic rings. The summed E-state index contributed by atoms with van der Waals surface area (Å²) in [7, 11) is 0. The summed E-state index contributed by atoms with van der Waals surface area (Å²) in [6.07, 6.45) is -0.170. The first-order valence-electron chi connectivity index (χ1n) is 6.35. The van der Waals surface area contributed by atoms with E-state index in [0.29, 0.717) is 35.0 Å². The Hall–Kier alpha value is -2.22. The lowest BCUT2D eigenvalue weighted by molar-refractivity contribution is -0.117. The van der Waals surface area contributed by atoms with E-state index in [0.717, 1.165) is 0 Å². The highest BCUT2D eigenvalue weighted by molar-refractivity contribution is 7.99. The van der Waals surface area contributed by atoms with Gasteiger partial charge in [0.15, 0.2) is 11.5 Å². The fourth-order valence-electron chi connectivity index (χ4n) is 1.79. The fraction of sp³-hybridized carbons (Fsp3) is 0.308. The molecule has 2 aromatic rings. The third kappa shape index (κ3) is 3.27. The zero-order valence-electron chi connectivity index (χ0n) is 11.0. The van der Waals surface area contributed by atoms with Crippen LogP contribution in [0, 0.1) is 0 Å². The number of thioether (sulfide) groups is 1. The van der Waals surface area contributed by atoms with Crippen LogP contribution in [0.15, 0.2) is 33.9 Å². The Morgan fingerprint density at radius 1 is 1.33 bits per heavy atom. The van der Waals surface area contributed by atoms with Crippen LogP contribution in [-0.2, 0) is 4.79 Å². The van der Waals surface area contributed by atoms with Crippen LogP contribution in [0.5, 0.6) is 11.5 Å². The largest absolute Gasteiger partial charge is 0.485 e. The summed E-state index contributed by atoms with van der Waals surface area (Å²) in [5, 5.41) is 8.24. The number of hydrogen-bond donors (Lipinski definition) is 1. The van der Waals surface area contributed by atoms with E-state index in [2.05, 4.69) is 10.2 Å². The van der Waals surface area contributed by atoms with E-state index in [1.54, 1.807) is 0 Å². The quantitative estimate of drug-likeness (QED) is 0.836. The number of hydrogen-bond acceptors (Lipinski definition) is 7. The minimum atomic E-state index is -0.433. The molecule has 0 bridgehead atoms. The number of aromatic nitrogens is 2. The smallest absolute Gasteiger partial charge is 0.276 e. The van der Waals surface area contributed by atoms with Gasteiger partial charge in [-0.2, -0.15) is 0 Å². The summed E-state index contributed by atoms with van der Waals surface area (Å²) >= 11 is 1.28. The standard InChI is InChI=1S/C13H13N3O4S/c14-11(17)5-6-21-13-16-15-12(20-13)10-7-18-8-3-1-2-4-9(8)19-10/h1-4,10H,5-7H2,(H2,14,17). The second kappa shape index (κ2) is 6.04. The summed E-state index contributed by atoms with van der Waals surface area (Å²) < 4.78 is 16.9. The number of ether oxygens (including phenoxy) is 2. The van der Waals surface area contributed by atoms with Crippen molar-refractivity contribution in [1.82, 2.24) is 10.2 Å². The Labute approximate surface area is 124 Å². The molecule has 0 saturated carbocycles. The molecule has 0 radical (unpaired) electrons. The van der Waals surface area contributed by atoms with E-state index >= 15 is 0 Å². The molecular formula is C13H13N3O4S. The Morgan fingerprint density at radius 3 is 2.95 bits per heavy atom. The van der Waals surface area contributed by atoms with Crippen molar-refractivity contribution in [2.45, 2.75) is 17.7 Å². The SMILES string of the molecule is NC(=O)CCSc1nnc(C2COc3ccccc3O2)o1. The molecule has 21 heavy (non-hydrogen) atoms. The Kier molecular flexibility index (Phi) is 3.96. The molecule has 0 saturated heterocycles. The number of rotatable bonds is 5. The molecule has 2 heterocycles. The zero-order chi connectivity index (χ0) is 14.7. The lowest BCUT2D eigenvalue weighted by Gasteiger charge is -2.23. The van der Waals surface area contributed by atoms with Gasteiger partial charge in [-0.05, 0) is 12.1 Å². The summed E-state index contributed by atoms with van der Waals surface area (Å²) in [6.45, 7) is 0.310. The van der Waals surface area contributed by atoms with Gasteiger partial charge < -0.3 is 19.6 Å². The average molecular weight is 307 g/mol. The number of para-hydroxylation sites is 2. The third-order valence-electron chi connectivity index (χ3n) is 2.78. The van der Waals surface area contributed by atoms with Crippen molar-refractivity contribution in [1.29, 1.82) is 0 Å². The molecule has 0 spiro atoms. The van der Waals surface area contributed by atoms with E-state index in [-0.39, 0.29) is 12.3 Å². The molecule has 1 amide bonds. The molecule has 0 fully saturated rings. The highest BCUT2D eigenvalue weighted by Gasteiger charge is 2.27. The molecule has 1 aliphatic heterocycles. The normalized spacial score (nSPS) is 16.7. The van der Waals surface area contributed by atoms with E-state index < -0.39 is 6.10 Å². The highest BCUT2D eigenvalue weighted by atomic mass is 32.2. The van der Waals surface area contributed by atoms with Crippen LogP contribution in [0.25, 0.3) is 0 Å². The minimum Gasteiger partial charge on any atom is -0.485 e. The lowest BCUT2D eigenvalue weighted by Crippen LogP contribution is -2.21. The highest BCUT2D eigenvalue weighted by Crippen LogP contribution is 2.35. The van der Waals surface area contributed by atoms with Gasteiger partial charge in [-0.15, -0.1) is 10.2 Å². The second-order valence-corrected chi connectivity index (χ2v) is 5.38. The van der Waals surface area contributed by atoms with Gasteiger partial charge in [0.1, 0.15) is 6.61 Å². The zero-order valence-corrected chi connectivity index (χ0v) is 11.8. The molecule has 3 rings (SSSR count). The third-order valence-corrected chi connectivity index (χ3v) is 3.60. The molecule has 110 valence electrons. The number of nitrogens with zero attached hydrogens (tertiary/aromatic N) is 2. The summed E-state index contributed by atoms with van der Waals surface area (Å²) in [5.41, 5.74) is 5.07. The number of carbonyl (C=O) groups excluding carboxylic acids is 1. The number of amides is 1. The lowest BCUT2D eigenvalue weighted by atomic mass is 10.2. The van der Waals surface area contributed by atoms with Gasteiger partial charge in [0.25, 0.3) is 11.1 Å². The van der Waals surface area contributed by atoms with Crippen molar-refractivity contribution >= 4 is 17.7 Å². The second-order valence-electron chi connectivity index (χ2n) is 4.34. The van der Waals surface area contributed by atoms with Crippen molar-refractivity contribution in [2.24, 2.45) is 5.73 Å². The number of primary amides is 1. The van der Waals surface area contributed by atoms with Crippen LogP contribution in [0.3, 0.4) is 0 Å². The van der Waals surface area contributed by atoms with Crippen molar-refractivity contribution < 1.29 is 18.7 Å². The van der Waals surface area contributed by atoms with Gasteiger partial charge in [0.05, 0.1) is 0 Å². The molecule has 8 heteroatoms. The summed E-state index contributed by atoms with van der Waals surface area (Å²) in [4.78, 5) is 10.7. The average Bonchev–Trinajstić information content (AvgIpc) is 2.95. The summed E-state index contributed by atoms with van der Waals surface area (Å²) in [6, 6.07) is 7.40. The van der Waals surface area contributed by atoms with Crippen LogP contribution < -0.4 is 15.2 Å². The van der Waals surface area contributed by atoms with Gasteiger partial charge in [-0.1, -0.05) is 23.9 Å². The van der Waals surface area contributed by atoms with Crippen LogP contribution in [-0.4, -0.2) is 28.5 Å². The molecule has 0 aliphatic carbocycles. The molecule has 1 unspecified atom stereocenters. The Morgan fingerprint density at radius 2 is 2.14 bits per heavy atom. The maximum absolute atomic E-state index is 10.7. The van der Waals surface area contributed by atoms with Crippen LogP contribution in [0.2, 0.25) is 0 Å². The van der Waals surface area contributed by atoms with E-state index in [9.17, 15) is 4.79 Å². The Balaban J connectivity index is 1.63. The first kappa shape index (κ1) is 13.7. The van der Waals surface area contributed by atoms with Gasteiger partial charge in [0.2, 0.25) is 12.0 Å². The van der Waals surface area contributed by atoms with Gasteiger partial charge in [-0.3, -0.25) is 4.79 Å². The minimum absolute atomic E-state index is 0.263. The fourth-order valence-corrected chi connectivity index (χ4v) is 2.51. The van der Waals surface area contributed by atoms with Crippen molar-refractivity contribution in [3.8, 4) is 11.5 Å². The van der Waals surface area contributed by atoms with Crippen LogP contribution >= 0.6 is 11.8 Å². The molecule has 1 atom stereocenters. The van der Waals surface area contributed by atoms with E-state index in [1.807, 2.05) is 24.3 Å². The van der Waals surface area contributed by atoms with Crippen molar-refractivity contribution in [3.63, 3.8) is 0 Å². The summed E-state index contributed by atoms with van der Waals surface area (Å²) in [5.74, 6) is 1.84. The maximum Gasteiger partial charge on any atom is 0.276 e. The van der Waals surface area contributed by atoms with Gasteiger partial charge in [0, 0.05) is 12.2 Å². The first-order chi connectivity index (χ1) is 10.2. The van der Waals surface area contributed by atoms with Crippen molar-refractivity contribution in [3.05, 3.63) is 30.2 Å². The van der Waals surface area contributed by atoms with Crippen molar-refractivity contribution in [2.75, 3.05) is 12.4 Å². The molecular weight excluding hydrogens is 294 g/mol. The predicted octanol–water partition coefficient (Wildman–Crippen LogP) is 1.55. The van der Waals surface area contributed by atoms with Gasteiger partial charge >= 0.3 is 0 Å². The first-order valence-corrected chi connectivity index (χ1v) is 7.34. The van der Waals surface area contributed by atoms with E-state index in [1.165, 1.54) is 11.8 Å². The number of carbonyl (C=O) groups is 1. The molecule has 2 N–H and O–H groups in total. The Bertz CT molecular complexity index is 646. The monoisotopic (exact) mass is 307 g/mol. The number of nitrogens with two attached hydrogens (primary N) is 1. The molecule has 1 aromatic carbocycles. The predicted molar refractivity (Wildman–Crippen MR) is 74.1 cm³/mol.